The predicted molar refractivity (Wildman–Crippen MR) is 160 cm³/mol. The summed E-state index contributed by atoms with van der Waals surface area (Å²) in [7, 11) is -1.87. The third kappa shape index (κ3) is 21.4. The van der Waals surface area contributed by atoms with E-state index in [0.29, 0.717) is 18.3 Å². The molecule has 6 nitrogen and oxygen atoms in total. The number of carbonyl (C=O) groups is 1. The van der Waals surface area contributed by atoms with Gasteiger partial charge in [-0.1, -0.05) is 110 Å². The highest BCUT2D eigenvalue weighted by Crippen LogP contribution is 2.26. The molecule has 0 aliphatic carbocycles. The van der Waals surface area contributed by atoms with E-state index in [0.717, 1.165) is 0 Å². The van der Waals surface area contributed by atoms with E-state index in [1.54, 1.807) is 0 Å². The smallest absolute Gasteiger partial charge is 0.345 e. The van der Waals surface area contributed by atoms with Gasteiger partial charge in [0.05, 0.1) is 12.7 Å². The standard InChI is InChI=1S/C29H59O6PS/c1-4-6-8-10-11-12-13-14-15-17-19-24-37-27(21-18-16-9-7-5-2)26(3)35-23-20-22-34-25-29(32,36-33)28(30)31/h26-27,32H,4-25,36H2,1-3H3,(H,30,31). The summed E-state index contributed by atoms with van der Waals surface area (Å²) >= 11 is 2.06. The molecule has 0 amide bonds. The Balaban J connectivity index is 4.12. The fourth-order valence-electron chi connectivity index (χ4n) is 4.32. The Hall–Kier alpha value is -0.0700. The largest absolute Gasteiger partial charge is 0.479 e. The van der Waals surface area contributed by atoms with Crippen molar-refractivity contribution >= 4 is 26.2 Å². The monoisotopic (exact) mass is 566 g/mol. The number of thioether (sulfide) groups is 1. The van der Waals surface area contributed by atoms with Crippen LogP contribution >= 0.6 is 20.2 Å². The Morgan fingerprint density at radius 1 is 0.811 bits per heavy atom. The number of aliphatic hydroxyl groups is 1. The minimum Gasteiger partial charge on any atom is -0.479 e. The number of hydrogen-bond donors (Lipinski definition) is 2. The van der Waals surface area contributed by atoms with Crippen LogP contribution in [0.3, 0.4) is 0 Å². The predicted octanol–water partition coefficient (Wildman–Crippen LogP) is 8.10. The second-order valence-corrected chi connectivity index (χ2v) is 13.0. The van der Waals surface area contributed by atoms with Gasteiger partial charge in [0, 0.05) is 18.5 Å². The van der Waals surface area contributed by atoms with Crippen molar-refractivity contribution < 1.29 is 29.0 Å². The van der Waals surface area contributed by atoms with E-state index in [1.807, 2.05) is 0 Å². The van der Waals surface area contributed by atoms with Crippen LogP contribution in [-0.2, 0) is 18.8 Å². The number of carboxylic acid groups (broad SMARTS) is 1. The maximum absolute atomic E-state index is 11.0. The van der Waals surface area contributed by atoms with Crippen LogP contribution in [0.4, 0.5) is 0 Å². The molecule has 0 aromatic carbocycles. The molecule has 222 valence electrons. The molecule has 0 bridgehead atoms. The van der Waals surface area contributed by atoms with Crippen LogP contribution in [0.5, 0.6) is 0 Å². The maximum atomic E-state index is 11.0. The molecular formula is C29H59O6PS. The van der Waals surface area contributed by atoms with Gasteiger partial charge in [0.2, 0.25) is 5.34 Å². The Kier molecular flexibility index (Phi) is 26.1. The van der Waals surface area contributed by atoms with Crippen molar-refractivity contribution in [1.29, 1.82) is 0 Å². The van der Waals surface area contributed by atoms with E-state index >= 15 is 0 Å². The highest BCUT2D eigenvalue weighted by atomic mass is 32.2. The van der Waals surface area contributed by atoms with E-state index in [4.69, 9.17) is 14.6 Å². The molecule has 0 fully saturated rings. The molecular weight excluding hydrogens is 507 g/mol. The van der Waals surface area contributed by atoms with Gasteiger partial charge >= 0.3 is 5.97 Å². The number of ether oxygens (including phenoxy) is 2. The second kappa shape index (κ2) is 26.2. The van der Waals surface area contributed by atoms with Crippen molar-refractivity contribution in [3.8, 4) is 0 Å². The second-order valence-electron chi connectivity index (χ2n) is 10.5. The van der Waals surface area contributed by atoms with Crippen LogP contribution < -0.4 is 0 Å². The van der Waals surface area contributed by atoms with Crippen LogP contribution in [0.1, 0.15) is 136 Å². The minimum atomic E-state index is -2.26. The van der Waals surface area contributed by atoms with Gasteiger partial charge in [-0.2, -0.15) is 11.8 Å². The lowest BCUT2D eigenvalue weighted by molar-refractivity contribution is -0.154. The summed E-state index contributed by atoms with van der Waals surface area (Å²) in [5.41, 5.74) is 0. The Labute approximate surface area is 233 Å². The first-order valence-corrected chi connectivity index (χ1v) is 17.2. The highest BCUT2D eigenvalue weighted by molar-refractivity contribution is 7.99. The lowest BCUT2D eigenvalue weighted by Crippen LogP contribution is -2.37. The van der Waals surface area contributed by atoms with Crippen LogP contribution in [0.2, 0.25) is 0 Å². The van der Waals surface area contributed by atoms with Crippen LogP contribution in [0.25, 0.3) is 0 Å². The number of hydrogen-bond acceptors (Lipinski definition) is 6. The number of rotatable bonds is 29. The number of carboxylic acids is 1. The zero-order chi connectivity index (χ0) is 27.6. The molecule has 0 radical (unpaired) electrons. The number of aliphatic carboxylic acids is 1. The lowest BCUT2D eigenvalue weighted by Gasteiger charge is -2.24. The van der Waals surface area contributed by atoms with Crippen molar-refractivity contribution in [2.45, 2.75) is 153 Å². The molecule has 0 saturated carbocycles. The van der Waals surface area contributed by atoms with Crippen LogP contribution in [0, 0.1) is 0 Å². The first-order valence-electron chi connectivity index (χ1n) is 15.1. The summed E-state index contributed by atoms with van der Waals surface area (Å²) in [6.45, 7) is 7.03. The molecule has 4 unspecified atom stereocenters. The molecule has 4 atom stereocenters. The highest BCUT2D eigenvalue weighted by Gasteiger charge is 2.35. The van der Waals surface area contributed by atoms with Gasteiger partial charge in [0.1, 0.15) is 8.46 Å². The Bertz CT molecular complexity index is 539. The summed E-state index contributed by atoms with van der Waals surface area (Å²) in [6.07, 6.45) is 23.4. The van der Waals surface area contributed by atoms with Gasteiger partial charge in [-0.15, -0.1) is 0 Å². The maximum Gasteiger partial charge on any atom is 0.345 e. The van der Waals surface area contributed by atoms with Crippen molar-refractivity contribution in [3.63, 3.8) is 0 Å². The van der Waals surface area contributed by atoms with Crippen molar-refractivity contribution in [3.05, 3.63) is 0 Å². The molecule has 0 aromatic rings. The summed E-state index contributed by atoms with van der Waals surface area (Å²) in [4.78, 5) is 11.0. The SMILES string of the molecule is CCCCCCCCCCCCCSC(CCCCCCC)C(C)OCCCOCC(O)([PH2]=O)C(=O)O. The van der Waals surface area contributed by atoms with Gasteiger partial charge in [0.15, 0.2) is 0 Å². The quantitative estimate of drug-likeness (QED) is 0.0698. The molecule has 2 N–H and O–H groups in total. The van der Waals surface area contributed by atoms with Gasteiger partial charge in [-0.3, -0.25) is 0 Å². The molecule has 8 heteroatoms. The Morgan fingerprint density at radius 2 is 1.32 bits per heavy atom. The normalized spacial score (nSPS) is 15.2. The molecule has 0 saturated heterocycles. The van der Waals surface area contributed by atoms with Crippen LogP contribution in [-0.4, -0.2) is 58.5 Å². The topological polar surface area (TPSA) is 93.1 Å². The van der Waals surface area contributed by atoms with Gasteiger partial charge in [0.25, 0.3) is 0 Å². The summed E-state index contributed by atoms with van der Waals surface area (Å²) in [6, 6.07) is 0. The van der Waals surface area contributed by atoms with Gasteiger partial charge < -0.3 is 24.3 Å². The van der Waals surface area contributed by atoms with E-state index in [-0.39, 0.29) is 12.7 Å². The van der Waals surface area contributed by atoms with Crippen molar-refractivity contribution in [2.24, 2.45) is 0 Å². The lowest BCUT2D eigenvalue weighted by atomic mass is 10.1. The van der Waals surface area contributed by atoms with E-state index in [2.05, 4.69) is 32.5 Å². The fourth-order valence-corrected chi connectivity index (χ4v) is 5.96. The average molecular weight is 567 g/mol. The molecule has 0 rings (SSSR count). The van der Waals surface area contributed by atoms with E-state index in [1.165, 1.54) is 115 Å². The summed E-state index contributed by atoms with van der Waals surface area (Å²) < 4.78 is 22.4. The van der Waals surface area contributed by atoms with Gasteiger partial charge in [-0.05, 0) is 31.9 Å². The first kappa shape index (κ1) is 36.9. The van der Waals surface area contributed by atoms with E-state index < -0.39 is 26.4 Å². The van der Waals surface area contributed by atoms with Crippen molar-refractivity contribution in [1.82, 2.24) is 0 Å². The molecule has 37 heavy (non-hydrogen) atoms. The van der Waals surface area contributed by atoms with E-state index in [9.17, 15) is 14.5 Å². The minimum absolute atomic E-state index is 0.158. The third-order valence-electron chi connectivity index (χ3n) is 6.90. The first-order chi connectivity index (χ1) is 17.9. The average Bonchev–Trinajstić information content (AvgIpc) is 2.89. The fraction of sp³-hybridized carbons (Fsp3) is 0.966. The molecule has 0 aliphatic rings. The number of unbranched alkanes of at least 4 members (excludes halogenated alkanes) is 14. The molecule has 0 aromatic heterocycles. The third-order valence-corrected chi connectivity index (χ3v) is 9.27. The molecule has 0 aliphatic heterocycles. The zero-order valence-corrected chi connectivity index (χ0v) is 26.2. The molecule has 0 spiro atoms. The zero-order valence-electron chi connectivity index (χ0n) is 24.2. The van der Waals surface area contributed by atoms with Crippen LogP contribution in [0.15, 0.2) is 0 Å². The van der Waals surface area contributed by atoms with Gasteiger partial charge in [-0.25, -0.2) is 4.79 Å². The summed E-state index contributed by atoms with van der Waals surface area (Å²) in [5, 5.41) is 16.9. The summed E-state index contributed by atoms with van der Waals surface area (Å²) in [5.74, 6) is -0.308. The Morgan fingerprint density at radius 3 is 1.84 bits per heavy atom. The molecule has 0 heterocycles. The van der Waals surface area contributed by atoms with Crippen molar-refractivity contribution in [2.75, 3.05) is 25.6 Å².